The Morgan fingerprint density at radius 1 is 0.850 bits per heavy atom. The molecule has 0 amide bonds. The SMILES string of the molecule is CCN(CC)CCCCCCOc1ccc(OC)cc1. The molecule has 0 radical (unpaired) electrons. The second kappa shape index (κ2) is 10.6. The van der Waals surface area contributed by atoms with Gasteiger partial charge in [0.1, 0.15) is 11.5 Å². The Kier molecular flexibility index (Phi) is 8.88. The largest absolute Gasteiger partial charge is 0.497 e. The predicted octanol–water partition coefficient (Wildman–Crippen LogP) is 3.98. The van der Waals surface area contributed by atoms with Crippen LogP contribution >= 0.6 is 0 Å². The summed E-state index contributed by atoms with van der Waals surface area (Å²) in [5.74, 6) is 1.79. The second-order valence-corrected chi connectivity index (χ2v) is 4.97. The molecular weight excluding hydrogens is 250 g/mol. The van der Waals surface area contributed by atoms with Gasteiger partial charge in [-0.1, -0.05) is 26.7 Å². The lowest BCUT2D eigenvalue weighted by Crippen LogP contribution is -2.23. The van der Waals surface area contributed by atoms with E-state index in [0.717, 1.165) is 37.6 Å². The Morgan fingerprint density at radius 3 is 2.05 bits per heavy atom. The molecule has 1 aromatic rings. The standard InChI is InChI=1S/C17H29NO2/c1-4-18(5-2)14-8-6-7-9-15-20-17-12-10-16(19-3)11-13-17/h10-13H,4-9,14-15H2,1-3H3. The number of nitrogens with zero attached hydrogens (tertiary/aromatic N) is 1. The van der Waals surface area contributed by atoms with E-state index in [-0.39, 0.29) is 0 Å². The number of unbranched alkanes of at least 4 members (excludes halogenated alkanes) is 3. The molecule has 1 rings (SSSR count). The van der Waals surface area contributed by atoms with E-state index in [1.54, 1.807) is 7.11 Å². The predicted molar refractivity (Wildman–Crippen MR) is 84.7 cm³/mol. The van der Waals surface area contributed by atoms with Crippen molar-refractivity contribution in [1.82, 2.24) is 4.90 Å². The minimum absolute atomic E-state index is 0.803. The van der Waals surface area contributed by atoms with E-state index < -0.39 is 0 Å². The topological polar surface area (TPSA) is 21.7 Å². The van der Waals surface area contributed by atoms with E-state index in [1.807, 2.05) is 24.3 Å². The molecule has 0 fully saturated rings. The van der Waals surface area contributed by atoms with Gasteiger partial charge in [-0.25, -0.2) is 0 Å². The van der Waals surface area contributed by atoms with Gasteiger partial charge in [-0.3, -0.25) is 0 Å². The smallest absolute Gasteiger partial charge is 0.119 e. The first-order valence-electron chi connectivity index (χ1n) is 7.79. The van der Waals surface area contributed by atoms with Crippen molar-refractivity contribution in [2.45, 2.75) is 39.5 Å². The van der Waals surface area contributed by atoms with Crippen LogP contribution in [-0.4, -0.2) is 38.3 Å². The van der Waals surface area contributed by atoms with Gasteiger partial charge in [0.15, 0.2) is 0 Å². The van der Waals surface area contributed by atoms with E-state index in [1.165, 1.54) is 25.8 Å². The minimum Gasteiger partial charge on any atom is -0.497 e. The molecule has 0 heterocycles. The highest BCUT2D eigenvalue weighted by atomic mass is 16.5. The van der Waals surface area contributed by atoms with Crippen LogP contribution in [0.1, 0.15) is 39.5 Å². The van der Waals surface area contributed by atoms with Gasteiger partial charge in [0, 0.05) is 0 Å². The van der Waals surface area contributed by atoms with Crippen LogP contribution in [0.25, 0.3) is 0 Å². The first kappa shape index (κ1) is 16.8. The van der Waals surface area contributed by atoms with Crippen LogP contribution in [0.2, 0.25) is 0 Å². The van der Waals surface area contributed by atoms with Crippen LogP contribution in [0.4, 0.5) is 0 Å². The number of ether oxygens (including phenoxy) is 2. The van der Waals surface area contributed by atoms with E-state index >= 15 is 0 Å². The summed E-state index contributed by atoms with van der Waals surface area (Å²) in [4.78, 5) is 2.48. The van der Waals surface area contributed by atoms with Crippen LogP contribution in [0.5, 0.6) is 11.5 Å². The van der Waals surface area contributed by atoms with Crippen LogP contribution in [0.15, 0.2) is 24.3 Å². The molecule has 114 valence electrons. The Balaban J connectivity index is 2.01. The maximum absolute atomic E-state index is 5.71. The van der Waals surface area contributed by atoms with Gasteiger partial charge < -0.3 is 14.4 Å². The summed E-state index contributed by atoms with van der Waals surface area (Å²) in [6.45, 7) is 8.82. The fourth-order valence-corrected chi connectivity index (χ4v) is 2.19. The maximum atomic E-state index is 5.71. The van der Waals surface area contributed by atoms with E-state index in [4.69, 9.17) is 9.47 Å². The number of benzene rings is 1. The summed E-state index contributed by atoms with van der Waals surface area (Å²) in [5, 5.41) is 0. The lowest BCUT2D eigenvalue weighted by Gasteiger charge is -2.17. The molecule has 0 atom stereocenters. The molecule has 1 aromatic carbocycles. The molecule has 3 heteroatoms. The third kappa shape index (κ3) is 6.80. The molecule has 3 nitrogen and oxygen atoms in total. The van der Waals surface area contributed by atoms with Gasteiger partial charge in [-0.05, 0) is 56.7 Å². The van der Waals surface area contributed by atoms with Crippen LogP contribution in [0, 0.1) is 0 Å². The first-order valence-corrected chi connectivity index (χ1v) is 7.79. The van der Waals surface area contributed by atoms with Crippen molar-refractivity contribution < 1.29 is 9.47 Å². The molecule has 0 aliphatic rings. The Labute approximate surface area is 123 Å². The summed E-state index contributed by atoms with van der Waals surface area (Å²) < 4.78 is 10.8. The normalized spacial score (nSPS) is 10.8. The summed E-state index contributed by atoms with van der Waals surface area (Å²) in [7, 11) is 1.67. The molecule has 0 aliphatic carbocycles. The highest BCUT2D eigenvalue weighted by molar-refractivity contribution is 5.31. The average molecular weight is 279 g/mol. The number of hydrogen-bond acceptors (Lipinski definition) is 3. The van der Waals surface area contributed by atoms with Crippen molar-refractivity contribution >= 4 is 0 Å². The number of rotatable bonds is 11. The second-order valence-electron chi connectivity index (χ2n) is 4.97. The molecule has 0 aromatic heterocycles. The molecule has 0 bridgehead atoms. The maximum Gasteiger partial charge on any atom is 0.119 e. The van der Waals surface area contributed by atoms with Gasteiger partial charge in [0.05, 0.1) is 13.7 Å². The lowest BCUT2D eigenvalue weighted by molar-refractivity contribution is 0.284. The summed E-state index contributed by atoms with van der Waals surface area (Å²) in [5.41, 5.74) is 0. The Bertz CT molecular complexity index is 333. The number of methoxy groups -OCH3 is 1. The average Bonchev–Trinajstić information content (AvgIpc) is 2.51. The van der Waals surface area contributed by atoms with Crippen LogP contribution in [-0.2, 0) is 0 Å². The number of hydrogen-bond donors (Lipinski definition) is 0. The molecule has 0 saturated heterocycles. The molecule has 20 heavy (non-hydrogen) atoms. The minimum atomic E-state index is 0.803. The van der Waals surface area contributed by atoms with Crippen molar-refractivity contribution in [1.29, 1.82) is 0 Å². The molecule has 0 unspecified atom stereocenters. The fourth-order valence-electron chi connectivity index (χ4n) is 2.19. The van der Waals surface area contributed by atoms with Crippen molar-refractivity contribution in [2.24, 2.45) is 0 Å². The van der Waals surface area contributed by atoms with Crippen molar-refractivity contribution in [2.75, 3.05) is 33.4 Å². The third-order valence-electron chi connectivity index (χ3n) is 3.59. The van der Waals surface area contributed by atoms with Crippen LogP contribution < -0.4 is 9.47 Å². The van der Waals surface area contributed by atoms with E-state index in [0.29, 0.717) is 0 Å². The lowest BCUT2D eigenvalue weighted by atomic mass is 10.2. The molecule has 0 spiro atoms. The van der Waals surface area contributed by atoms with Gasteiger partial charge in [0.2, 0.25) is 0 Å². The highest BCUT2D eigenvalue weighted by Gasteiger charge is 1.99. The molecule has 0 N–H and O–H groups in total. The monoisotopic (exact) mass is 279 g/mol. The quantitative estimate of drug-likeness (QED) is 0.572. The Morgan fingerprint density at radius 2 is 1.45 bits per heavy atom. The van der Waals surface area contributed by atoms with Gasteiger partial charge >= 0.3 is 0 Å². The Hall–Kier alpha value is -1.22. The first-order chi connectivity index (χ1) is 9.80. The van der Waals surface area contributed by atoms with E-state index in [2.05, 4.69) is 18.7 Å². The summed E-state index contributed by atoms with van der Waals surface area (Å²) >= 11 is 0. The zero-order valence-electron chi connectivity index (χ0n) is 13.2. The summed E-state index contributed by atoms with van der Waals surface area (Å²) in [6.07, 6.45) is 4.97. The molecular formula is C17H29NO2. The highest BCUT2D eigenvalue weighted by Crippen LogP contribution is 2.17. The zero-order chi connectivity index (χ0) is 14.6. The third-order valence-corrected chi connectivity index (χ3v) is 3.59. The van der Waals surface area contributed by atoms with E-state index in [9.17, 15) is 0 Å². The van der Waals surface area contributed by atoms with Crippen molar-refractivity contribution in [3.8, 4) is 11.5 Å². The van der Waals surface area contributed by atoms with Gasteiger partial charge in [-0.15, -0.1) is 0 Å². The molecule has 0 saturated carbocycles. The van der Waals surface area contributed by atoms with Gasteiger partial charge in [-0.2, -0.15) is 0 Å². The van der Waals surface area contributed by atoms with Crippen LogP contribution in [0.3, 0.4) is 0 Å². The van der Waals surface area contributed by atoms with Gasteiger partial charge in [0.25, 0.3) is 0 Å². The summed E-state index contributed by atoms with van der Waals surface area (Å²) in [6, 6.07) is 7.78. The molecule has 0 aliphatic heterocycles. The van der Waals surface area contributed by atoms with Crippen molar-refractivity contribution in [3.63, 3.8) is 0 Å². The fraction of sp³-hybridized carbons (Fsp3) is 0.647. The zero-order valence-corrected chi connectivity index (χ0v) is 13.2. The van der Waals surface area contributed by atoms with Crippen molar-refractivity contribution in [3.05, 3.63) is 24.3 Å².